The van der Waals surface area contributed by atoms with Crippen molar-refractivity contribution in [1.82, 2.24) is 5.32 Å². The Morgan fingerprint density at radius 1 is 1.04 bits per heavy atom. The molecule has 3 N–H and O–H groups in total. The Kier molecular flexibility index (Phi) is 6.56. The lowest BCUT2D eigenvalue weighted by molar-refractivity contribution is -0.140. The summed E-state index contributed by atoms with van der Waals surface area (Å²) in [6.07, 6.45) is 4.87. The first-order valence-corrected chi connectivity index (χ1v) is 8.84. The molecule has 0 bridgehead atoms. The largest absolute Gasteiger partial charge is 0.481 e. The van der Waals surface area contributed by atoms with Crippen molar-refractivity contribution in [3.63, 3.8) is 0 Å². The molecule has 1 aliphatic carbocycles. The Labute approximate surface area is 148 Å². The molecule has 1 saturated carbocycles. The second kappa shape index (κ2) is 8.65. The lowest BCUT2D eigenvalue weighted by Crippen LogP contribution is -2.32. The van der Waals surface area contributed by atoms with Crippen molar-refractivity contribution >= 4 is 23.5 Å². The molecule has 2 rings (SSSR count). The minimum Gasteiger partial charge on any atom is -0.481 e. The van der Waals surface area contributed by atoms with E-state index in [1.807, 2.05) is 6.92 Å². The van der Waals surface area contributed by atoms with Gasteiger partial charge in [-0.1, -0.05) is 19.3 Å². The van der Waals surface area contributed by atoms with Gasteiger partial charge in [-0.25, -0.2) is 0 Å². The first-order valence-electron chi connectivity index (χ1n) is 8.84. The molecule has 0 atom stereocenters. The van der Waals surface area contributed by atoms with Crippen LogP contribution in [-0.2, 0) is 9.59 Å². The third-order valence-electron chi connectivity index (χ3n) is 4.74. The predicted molar refractivity (Wildman–Crippen MR) is 95.5 cm³/mol. The molecule has 0 radical (unpaired) electrons. The standard InChI is InChI=1S/C19H26N2O4/c1-2-20-18(25)14-6-8-15(9-7-14)21-16(22)12-19(13-17(23)24)10-4-3-5-11-19/h6-9H,2-5,10-13H2,1H3,(H,20,25)(H,21,22)(H,23,24). The molecule has 0 aromatic heterocycles. The van der Waals surface area contributed by atoms with Crippen LogP contribution >= 0.6 is 0 Å². The van der Waals surface area contributed by atoms with Crippen LogP contribution in [0, 0.1) is 5.41 Å². The molecular weight excluding hydrogens is 320 g/mol. The van der Waals surface area contributed by atoms with Crippen molar-refractivity contribution in [3.8, 4) is 0 Å². The van der Waals surface area contributed by atoms with Crippen LogP contribution in [0.15, 0.2) is 24.3 Å². The Balaban J connectivity index is 1.98. The van der Waals surface area contributed by atoms with Gasteiger partial charge < -0.3 is 15.7 Å². The van der Waals surface area contributed by atoms with E-state index in [0.29, 0.717) is 17.8 Å². The molecular formula is C19H26N2O4. The highest BCUT2D eigenvalue weighted by atomic mass is 16.4. The minimum atomic E-state index is -0.846. The van der Waals surface area contributed by atoms with Crippen LogP contribution in [-0.4, -0.2) is 29.4 Å². The van der Waals surface area contributed by atoms with E-state index in [0.717, 1.165) is 32.1 Å². The van der Waals surface area contributed by atoms with E-state index >= 15 is 0 Å². The molecule has 0 spiro atoms. The number of anilines is 1. The number of hydrogen-bond acceptors (Lipinski definition) is 3. The molecule has 1 aliphatic rings. The first kappa shape index (κ1) is 19.0. The van der Waals surface area contributed by atoms with Crippen LogP contribution in [0.1, 0.15) is 62.2 Å². The third kappa shape index (κ3) is 5.59. The highest BCUT2D eigenvalue weighted by Crippen LogP contribution is 2.42. The average Bonchev–Trinajstić information content (AvgIpc) is 2.55. The zero-order valence-corrected chi connectivity index (χ0v) is 14.6. The van der Waals surface area contributed by atoms with Gasteiger partial charge in [-0.05, 0) is 49.4 Å². The van der Waals surface area contributed by atoms with Crippen LogP contribution < -0.4 is 10.6 Å². The molecule has 25 heavy (non-hydrogen) atoms. The number of carbonyl (C=O) groups excluding carboxylic acids is 2. The van der Waals surface area contributed by atoms with Gasteiger partial charge in [0, 0.05) is 24.2 Å². The quantitative estimate of drug-likeness (QED) is 0.706. The maximum absolute atomic E-state index is 12.4. The second-order valence-corrected chi connectivity index (χ2v) is 6.79. The summed E-state index contributed by atoms with van der Waals surface area (Å²) in [5, 5.41) is 14.7. The fraction of sp³-hybridized carbons (Fsp3) is 0.526. The Morgan fingerprint density at radius 2 is 1.68 bits per heavy atom. The van der Waals surface area contributed by atoms with Crippen molar-refractivity contribution in [2.75, 3.05) is 11.9 Å². The first-order chi connectivity index (χ1) is 11.9. The topological polar surface area (TPSA) is 95.5 Å². The number of nitrogens with one attached hydrogen (secondary N) is 2. The molecule has 0 saturated heterocycles. The van der Waals surface area contributed by atoms with E-state index in [4.69, 9.17) is 0 Å². The summed E-state index contributed by atoms with van der Waals surface area (Å²) < 4.78 is 0. The Bertz CT molecular complexity index is 619. The van der Waals surface area contributed by atoms with E-state index < -0.39 is 11.4 Å². The molecule has 0 aliphatic heterocycles. The zero-order valence-electron chi connectivity index (χ0n) is 14.6. The van der Waals surface area contributed by atoms with Crippen molar-refractivity contribution in [2.24, 2.45) is 5.41 Å². The maximum atomic E-state index is 12.4. The van der Waals surface area contributed by atoms with Gasteiger partial charge in [-0.15, -0.1) is 0 Å². The molecule has 6 heteroatoms. The smallest absolute Gasteiger partial charge is 0.303 e. The van der Waals surface area contributed by atoms with Gasteiger partial charge in [0.15, 0.2) is 0 Å². The fourth-order valence-electron chi connectivity index (χ4n) is 3.55. The maximum Gasteiger partial charge on any atom is 0.303 e. The highest BCUT2D eigenvalue weighted by molar-refractivity contribution is 5.96. The SMILES string of the molecule is CCNC(=O)c1ccc(NC(=O)CC2(CC(=O)O)CCCCC2)cc1. The van der Waals surface area contributed by atoms with Gasteiger partial charge in [0.1, 0.15) is 0 Å². The summed E-state index contributed by atoms with van der Waals surface area (Å²) in [6, 6.07) is 6.70. The number of rotatable bonds is 7. The number of benzene rings is 1. The van der Waals surface area contributed by atoms with Gasteiger partial charge in [0.05, 0.1) is 6.42 Å². The molecule has 1 aromatic carbocycles. The summed E-state index contributed by atoms with van der Waals surface area (Å²) in [5.74, 6) is -1.17. The van der Waals surface area contributed by atoms with Crippen LogP contribution in [0.2, 0.25) is 0 Å². The van der Waals surface area contributed by atoms with E-state index in [1.54, 1.807) is 24.3 Å². The fourth-order valence-corrected chi connectivity index (χ4v) is 3.55. The number of carbonyl (C=O) groups is 3. The lowest BCUT2D eigenvalue weighted by atomic mass is 9.69. The van der Waals surface area contributed by atoms with Gasteiger partial charge in [0.25, 0.3) is 5.91 Å². The molecule has 6 nitrogen and oxygen atoms in total. The van der Waals surface area contributed by atoms with Crippen LogP contribution in [0.3, 0.4) is 0 Å². The van der Waals surface area contributed by atoms with Crippen LogP contribution in [0.25, 0.3) is 0 Å². The number of aliphatic carboxylic acids is 1. The van der Waals surface area contributed by atoms with Crippen molar-refractivity contribution in [1.29, 1.82) is 0 Å². The Hall–Kier alpha value is -2.37. The van der Waals surface area contributed by atoms with Gasteiger partial charge in [-0.3, -0.25) is 14.4 Å². The van der Waals surface area contributed by atoms with Crippen molar-refractivity contribution in [3.05, 3.63) is 29.8 Å². The lowest BCUT2D eigenvalue weighted by Gasteiger charge is -2.35. The van der Waals surface area contributed by atoms with Crippen molar-refractivity contribution < 1.29 is 19.5 Å². The molecule has 1 aromatic rings. The van der Waals surface area contributed by atoms with Crippen molar-refractivity contribution in [2.45, 2.75) is 51.9 Å². The number of amides is 2. The van der Waals surface area contributed by atoms with E-state index in [9.17, 15) is 19.5 Å². The van der Waals surface area contributed by atoms with E-state index in [1.165, 1.54) is 0 Å². The summed E-state index contributed by atoms with van der Waals surface area (Å²) in [6.45, 7) is 2.41. The molecule has 0 heterocycles. The van der Waals surface area contributed by atoms with Crippen LogP contribution in [0.4, 0.5) is 5.69 Å². The van der Waals surface area contributed by atoms with Gasteiger partial charge in [-0.2, -0.15) is 0 Å². The summed E-state index contributed by atoms with van der Waals surface area (Å²) in [7, 11) is 0. The van der Waals surface area contributed by atoms with E-state index in [-0.39, 0.29) is 24.7 Å². The van der Waals surface area contributed by atoms with Gasteiger partial charge in [0.2, 0.25) is 5.91 Å². The molecule has 0 unspecified atom stereocenters. The van der Waals surface area contributed by atoms with Crippen LogP contribution in [0.5, 0.6) is 0 Å². The number of carboxylic acids is 1. The summed E-state index contributed by atoms with van der Waals surface area (Å²) in [4.78, 5) is 35.3. The zero-order chi connectivity index (χ0) is 18.3. The molecule has 2 amide bonds. The summed E-state index contributed by atoms with van der Waals surface area (Å²) >= 11 is 0. The second-order valence-electron chi connectivity index (χ2n) is 6.79. The highest BCUT2D eigenvalue weighted by Gasteiger charge is 2.36. The number of hydrogen-bond donors (Lipinski definition) is 3. The predicted octanol–water partition coefficient (Wildman–Crippen LogP) is 3.19. The normalized spacial score (nSPS) is 16.0. The van der Waals surface area contributed by atoms with E-state index in [2.05, 4.69) is 10.6 Å². The van der Waals surface area contributed by atoms with Gasteiger partial charge >= 0.3 is 5.97 Å². The minimum absolute atomic E-state index is 0.0382. The molecule has 136 valence electrons. The number of carboxylic acid groups (broad SMARTS) is 1. The third-order valence-corrected chi connectivity index (χ3v) is 4.74. The monoisotopic (exact) mass is 346 g/mol. The Morgan fingerprint density at radius 3 is 2.24 bits per heavy atom. The summed E-state index contributed by atoms with van der Waals surface area (Å²) in [5.41, 5.74) is 0.712. The molecule has 1 fully saturated rings. The average molecular weight is 346 g/mol.